The molecule has 21 heavy (non-hydrogen) atoms. The molecule has 0 bridgehead atoms. The predicted octanol–water partition coefficient (Wildman–Crippen LogP) is 2.53. The molecule has 1 saturated heterocycles. The van der Waals surface area contributed by atoms with Crippen molar-refractivity contribution < 1.29 is 9.59 Å². The van der Waals surface area contributed by atoms with Crippen LogP contribution in [0.3, 0.4) is 0 Å². The lowest BCUT2D eigenvalue weighted by molar-refractivity contribution is -0.117. The van der Waals surface area contributed by atoms with Gasteiger partial charge in [-0.2, -0.15) is 0 Å². The number of amides is 2. The summed E-state index contributed by atoms with van der Waals surface area (Å²) < 4.78 is 0. The van der Waals surface area contributed by atoms with Gasteiger partial charge >= 0.3 is 0 Å². The van der Waals surface area contributed by atoms with Gasteiger partial charge in [-0.25, -0.2) is 0 Å². The number of carbonyl (C=O) groups is 2. The Morgan fingerprint density at radius 1 is 1.24 bits per heavy atom. The number of benzene rings is 1. The Balaban J connectivity index is 1.57. The maximum absolute atomic E-state index is 12.1. The molecule has 3 rings (SSSR count). The molecule has 1 aliphatic heterocycles. The van der Waals surface area contributed by atoms with E-state index in [4.69, 9.17) is 0 Å². The topological polar surface area (TPSA) is 49.4 Å². The van der Waals surface area contributed by atoms with Gasteiger partial charge in [0.2, 0.25) is 5.91 Å². The highest BCUT2D eigenvalue weighted by Crippen LogP contribution is 2.24. The molecule has 0 spiro atoms. The number of hydrogen-bond donors (Lipinski definition) is 1. The normalized spacial score (nSPS) is 18.0. The third kappa shape index (κ3) is 3.13. The predicted molar refractivity (Wildman–Crippen MR) is 83.6 cm³/mol. The van der Waals surface area contributed by atoms with E-state index < -0.39 is 0 Å². The van der Waals surface area contributed by atoms with Crippen molar-refractivity contribution >= 4 is 28.8 Å². The Morgan fingerprint density at radius 3 is 2.76 bits per heavy atom. The Labute approximate surface area is 127 Å². The molecule has 1 fully saturated rings. The summed E-state index contributed by atoms with van der Waals surface area (Å²) in [6.07, 6.45) is 0.486. The van der Waals surface area contributed by atoms with E-state index in [2.05, 4.69) is 5.32 Å². The molecule has 2 amide bonds. The molecular weight excluding hydrogens is 284 g/mol. The number of nitrogens with one attached hydrogen (secondary N) is 1. The molecule has 4 nitrogen and oxygen atoms in total. The highest BCUT2D eigenvalue weighted by Gasteiger charge is 2.30. The Kier molecular flexibility index (Phi) is 4.01. The zero-order chi connectivity index (χ0) is 14.7. The molecule has 1 aromatic carbocycles. The van der Waals surface area contributed by atoms with Crippen molar-refractivity contribution in [2.45, 2.75) is 6.42 Å². The summed E-state index contributed by atoms with van der Waals surface area (Å²) in [7, 11) is 0. The number of rotatable bonds is 4. The lowest BCUT2D eigenvalue weighted by Gasteiger charge is -2.16. The van der Waals surface area contributed by atoms with Crippen molar-refractivity contribution in [2.75, 3.05) is 18.0 Å². The molecule has 1 N–H and O–H groups in total. The van der Waals surface area contributed by atoms with Crippen molar-refractivity contribution in [3.05, 3.63) is 52.7 Å². The van der Waals surface area contributed by atoms with Crippen molar-refractivity contribution in [3.63, 3.8) is 0 Å². The summed E-state index contributed by atoms with van der Waals surface area (Å²) in [4.78, 5) is 26.5. The summed E-state index contributed by atoms with van der Waals surface area (Å²) in [6, 6.07) is 13.3. The maximum atomic E-state index is 12.1. The first kappa shape index (κ1) is 13.8. The zero-order valence-electron chi connectivity index (χ0n) is 11.5. The van der Waals surface area contributed by atoms with Crippen molar-refractivity contribution in [2.24, 2.45) is 5.92 Å². The van der Waals surface area contributed by atoms with E-state index in [9.17, 15) is 9.59 Å². The van der Waals surface area contributed by atoms with E-state index in [-0.39, 0.29) is 17.7 Å². The van der Waals surface area contributed by atoms with E-state index in [1.807, 2.05) is 41.8 Å². The Hall–Kier alpha value is -2.14. The van der Waals surface area contributed by atoms with Gasteiger partial charge in [-0.05, 0) is 23.6 Å². The molecule has 1 aliphatic rings. The second kappa shape index (κ2) is 6.10. The molecule has 0 radical (unpaired) electrons. The van der Waals surface area contributed by atoms with Gasteiger partial charge in [0.25, 0.3) is 5.91 Å². The largest absolute Gasteiger partial charge is 0.351 e. The van der Waals surface area contributed by atoms with Crippen molar-refractivity contribution in [1.29, 1.82) is 0 Å². The average Bonchev–Trinajstić information content (AvgIpc) is 3.15. The minimum atomic E-state index is -0.0596. The van der Waals surface area contributed by atoms with Crippen LogP contribution in [-0.2, 0) is 4.79 Å². The molecular formula is C16H16N2O2S. The van der Waals surface area contributed by atoms with Gasteiger partial charge in [-0.3, -0.25) is 9.59 Å². The summed E-state index contributed by atoms with van der Waals surface area (Å²) in [5, 5.41) is 4.79. The summed E-state index contributed by atoms with van der Waals surface area (Å²) in [5.74, 6) is 0.230. The van der Waals surface area contributed by atoms with Crippen LogP contribution in [0.15, 0.2) is 47.8 Å². The molecule has 5 heteroatoms. The zero-order valence-corrected chi connectivity index (χ0v) is 12.3. The smallest absolute Gasteiger partial charge is 0.261 e. The molecule has 0 unspecified atom stereocenters. The second-order valence-electron chi connectivity index (χ2n) is 5.10. The standard InChI is InChI=1S/C16H16N2O2S/c19-15-9-12(10-17-16(20)14-7-4-8-21-14)11-18(15)13-5-2-1-3-6-13/h1-8,12H,9-11H2,(H,17,20)/t12-/m1/s1. The fourth-order valence-corrected chi connectivity index (χ4v) is 3.15. The summed E-state index contributed by atoms with van der Waals surface area (Å²) in [6.45, 7) is 1.19. The fourth-order valence-electron chi connectivity index (χ4n) is 2.51. The van der Waals surface area contributed by atoms with Crippen LogP contribution in [0.25, 0.3) is 0 Å². The number of carbonyl (C=O) groups excluding carboxylic acids is 2. The number of hydrogen-bond acceptors (Lipinski definition) is 3. The highest BCUT2D eigenvalue weighted by atomic mass is 32.1. The van der Waals surface area contributed by atoms with Gasteiger partial charge in [0, 0.05) is 31.1 Å². The van der Waals surface area contributed by atoms with Gasteiger partial charge in [0.05, 0.1) is 4.88 Å². The van der Waals surface area contributed by atoms with Crippen LogP contribution >= 0.6 is 11.3 Å². The van der Waals surface area contributed by atoms with Crippen LogP contribution < -0.4 is 10.2 Å². The molecule has 0 aliphatic carbocycles. The molecule has 0 saturated carbocycles. The van der Waals surface area contributed by atoms with Crippen molar-refractivity contribution in [3.8, 4) is 0 Å². The molecule has 1 atom stereocenters. The third-order valence-electron chi connectivity index (χ3n) is 3.57. The molecule has 2 heterocycles. The third-order valence-corrected chi connectivity index (χ3v) is 4.44. The molecule has 108 valence electrons. The van der Waals surface area contributed by atoms with E-state index in [1.165, 1.54) is 11.3 Å². The number of thiophene rings is 1. The average molecular weight is 300 g/mol. The SMILES string of the molecule is O=C(NC[C@H]1CC(=O)N(c2ccccc2)C1)c1cccs1. The minimum Gasteiger partial charge on any atom is -0.351 e. The quantitative estimate of drug-likeness (QED) is 0.943. The van der Waals surface area contributed by atoms with Gasteiger partial charge in [0.1, 0.15) is 0 Å². The first-order valence-corrected chi connectivity index (χ1v) is 7.79. The van der Waals surface area contributed by atoms with Crippen LogP contribution in [0.4, 0.5) is 5.69 Å². The van der Waals surface area contributed by atoms with Gasteiger partial charge in [-0.1, -0.05) is 24.3 Å². The van der Waals surface area contributed by atoms with Crippen LogP contribution in [0.1, 0.15) is 16.1 Å². The van der Waals surface area contributed by atoms with Gasteiger partial charge < -0.3 is 10.2 Å². The second-order valence-corrected chi connectivity index (χ2v) is 6.05. The Bertz CT molecular complexity index is 625. The fraction of sp³-hybridized carbons (Fsp3) is 0.250. The Morgan fingerprint density at radius 2 is 2.05 bits per heavy atom. The number of anilines is 1. The first-order chi connectivity index (χ1) is 10.2. The molecule has 2 aromatic rings. The maximum Gasteiger partial charge on any atom is 0.261 e. The van der Waals surface area contributed by atoms with Crippen LogP contribution in [0, 0.1) is 5.92 Å². The summed E-state index contributed by atoms with van der Waals surface area (Å²) >= 11 is 1.42. The monoisotopic (exact) mass is 300 g/mol. The van der Waals surface area contributed by atoms with E-state index >= 15 is 0 Å². The van der Waals surface area contributed by atoms with E-state index in [1.54, 1.807) is 11.0 Å². The first-order valence-electron chi connectivity index (χ1n) is 6.91. The number of nitrogens with zero attached hydrogens (tertiary/aromatic N) is 1. The lowest BCUT2D eigenvalue weighted by atomic mass is 10.1. The number of para-hydroxylation sites is 1. The van der Waals surface area contributed by atoms with Crippen LogP contribution in [0.2, 0.25) is 0 Å². The minimum absolute atomic E-state index is 0.0596. The van der Waals surface area contributed by atoms with Gasteiger partial charge in [-0.15, -0.1) is 11.3 Å². The highest BCUT2D eigenvalue weighted by molar-refractivity contribution is 7.12. The lowest BCUT2D eigenvalue weighted by Crippen LogP contribution is -2.30. The van der Waals surface area contributed by atoms with Crippen LogP contribution in [-0.4, -0.2) is 24.9 Å². The summed E-state index contributed by atoms with van der Waals surface area (Å²) in [5.41, 5.74) is 0.926. The van der Waals surface area contributed by atoms with E-state index in [0.29, 0.717) is 24.4 Å². The van der Waals surface area contributed by atoms with Crippen LogP contribution in [0.5, 0.6) is 0 Å². The van der Waals surface area contributed by atoms with E-state index in [0.717, 1.165) is 5.69 Å². The van der Waals surface area contributed by atoms with Crippen molar-refractivity contribution in [1.82, 2.24) is 5.32 Å². The van der Waals surface area contributed by atoms with Gasteiger partial charge in [0.15, 0.2) is 0 Å². The molecule has 1 aromatic heterocycles.